The minimum absolute atomic E-state index is 0.0350. The number of nitrogens with zero attached hydrogens (tertiary/aromatic N) is 1. The zero-order valence-corrected chi connectivity index (χ0v) is 11.2. The fourth-order valence-electron chi connectivity index (χ4n) is 1.40. The van der Waals surface area contributed by atoms with Crippen LogP contribution in [-0.4, -0.2) is 13.4 Å². The Morgan fingerprint density at radius 1 is 1.17 bits per heavy atom. The van der Waals surface area contributed by atoms with E-state index in [4.69, 9.17) is 11.6 Å². The van der Waals surface area contributed by atoms with Gasteiger partial charge in [0, 0.05) is 11.9 Å². The Balaban J connectivity index is 2.33. The van der Waals surface area contributed by atoms with Crippen LogP contribution in [0.1, 0.15) is 5.56 Å². The number of rotatable bonds is 3. The van der Waals surface area contributed by atoms with Crippen LogP contribution in [0.15, 0.2) is 47.5 Å². The molecule has 0 saturated carbocycles. The third-order valence-corrected chi connectivity index (χ3v) is 4.14. The van der Waals surface area contributed by atoms with E-state index in [9.17, 15) is 8.42 Å². The molecule has 2 rings (SSSR count). The van der Waals surface area contributed by atoms with Crippen LogP contribution in [-0.2, 0) is 10.0 Å². The first-order chi connectivity index (χ1) is 8.49. The second-order valence-electron chi connectivity index (χ2n) is 3.76. The average Bonchev–Trinajstić information content (AvgIpc) is 2.32. The molecule has 4 nitrogen and oxygen atoms in total. The maximum absolute atomic E-state index is 12.1. The summed E-state index contributed by atoms with van der Waals surface area (Å²) in [5.74, 6) is 0. The number of hydrogen-bond acceptors (Lipinski definition) is 3. The van der Waals surface area contributed by atoms with Gasteiger partial charge in [-0.1, -0.05) is 29.3 Å². The third kappa shape index (κ3) is 2.80. The van der Waals surface area contributed by atoms with E-state index < -0.39 is 10.0 Å². The van der Waals surface area contributed by atoms with Crippen molar-refractivity contribution in [3.05, 3.63) is 53.3 Å². The largest absolute Gasteiger partial charge is 0.280 e. The predicted molar refractivity (Wildman–Crippen MR) is 71.2 cm³/mol. The molecule has 18 heavy (non-hydrogen) atoms. The summed E-state index contributed by atoms with van der Waals surface area (Å²) in [5, 5.41) is -0.0443. The van der Waals surface area contributed by atoms with E-state index in [1.807, 2.05) is 19.1 Å². The van der Waals surface area contributed by atoms with Crippen molar-refractivity contribution in [2.24, 2.45) is 0 Å². The zero-order chi connectivity index (χ0) is 13.2. The van der Waals surface area contributed by atoms with E-state index in [1.165, 1.54) is 18.3 Å². The molecule has 0 radical (unpaired) electrons. The Bertz CT molecular complexity index is 654. The molecule has 0 atom stereocenters. The average molecular weight is 283 g/mol. The number of benzene rings is 1. The maximum Gasteiger partial charge on any atom is 0.264 e. The summed E-state index contributed by atoms with van der Waals surface area (Å²) in [6, 6.07) is 9.96. The highest BCUT2D eigenvalue weighted by Gasteiger charge is 2.18. The van der Waals surface area contributed by atoms with Crippen LogP contribution >= 0.6 is 11.6 Å². The second-order valence-corrected chi connectivity index (χ2v) is 5.77. The maximum atomic E-state index is 12.1. The molecule has 0 bridgehead atoms. The van der Waals surface area contributed by atoms with Crippen LogP contribution in [0.5, 0.6) is 0 Å². The summed E-state index contributed by atoms with van der Waals surface area (Å²) in [6.45, 7) is 1.93. The van der Waals surface area contributed by atoms with Gasteiger partial charge in [0.1, 0.15) is 10.0 Å². The number of halogens is 1. The molecule has 0 aliphatic heterocycles. The molecule has 1 aromatic carbocycles. The third-order valence-electron chi connectivity index (χ3n) is 2.32. The molecule has 0 fully saturated rings. The first-order valence-electron chi connectivity index (χ1n) is 5.19. The fraction of sp³-hybridized carbons (Fsp3) is 0.0833. The summed E-state index contributed by atoms with van der Waals surface area (Å²) in [6.07, 6.45) is 1.44. The zero-order valence-electron chi connectivity index (χ0n) is 9.59. The van der Waals surface area contributed by atoms with Gasteiger partial charge >= 0.3 is 0 Å². The quantitative estimate of drug-likeness (QED) is 0.881. The Hall–Kier alpha value is -1.59. The summed E-state index contributed by atoms with van der Waals surface area (Å²) >= 11 is 5.77. The highest BCUT2D eigenvalue weighted by molar-refractivity contribution is 7.92. The number of hydrogen-bond donors (Lipinski definition) is 1. The lowest BCUT2D eigenvalue weighted by Gasteiger charge is -2.08. The van der Waals surface area contributed by atoms with E-state index in [2.05, 4.69) is 9.71 Å². The van der Waals surface area contributed by atoms with Crippen LogP contribution in [0, 0.1) is 6.92 Å². The Labute approximate surface area is 111 Å². The van der Waals surface area contributed by atoms with Gasteiger partial charge in [-0.25, -0.2) is 13.4 Å². The number of aromatic nitrogens is 1. The smallest absolute Gasteiger partial charge is 0.264 e. The van der Waals surface area contributed by atoms with Crippen molar-refractivity contribution in [2.75, 3.05) is 4.72 Å². The molecule has 0 spiro atoms. The van der Waals surface area contributed by atoms with Gasteiger partial charge in [0.2, 0.25) is 0 Å². The number of sulfonamides is 1. The monoisotopic (exact) mass is 282 g/mol. The van der Waals surface area contributed by atoms with E-state index in [-0.39, 0.29) is 10.0 Å². The Morgan fingerprint density at radius 3 is 2.44 bits per heavy atom. The van der Waals surface area contributed by atoms with Gasteiger partial charge < -0.3 is 0 Å². The molecule has 0 unspecified atom stereocenters. The minimum atomic E-state index is -3.70. The fourth-order valence-corrected chi connectivity index (χ4v) is 2.92. The van der Waals surface area contributed by atoms with Crippen molar-refractivity contribution in [3.8, 4) is 0 Å². The van der Waals surface area contributed by atoms with E-state index in [1.54, 1.807) is 12.1 Å². The summed E-state index contributed by atoms with van der Waals surface area (Å²) in [4.78, 5) is 3.71. The van der Waals surface area contributed by atoms with Gasteiger partial charge in [-0.2, -0.15) is 0 Å². The van der Waals surface area contributed by atoms with Crippen LogP contribution in [0.4, 0.5) is 5.69 Å². The second kappa shape index (κ2) is 4.96. The van der Waals surface area contributed by atoms with Crippen molar-refractivity contribution in [1.82, 2.24) is 4.98 Å². The lowest BCUT2D eigenvalue weighted by atomic mass is 10.2. The lowest BCUT2D eigenvalue weighted by Crippen LogP contribution is -2.13. The summed E-state index contributed by atoms with van der Waals surface area (Å²) in [7, 11) is -3.70. The van der Waals surface area contributed by atoms with Gasteiger partial charge in [-0.15, -0.1) is 0 Å². The molecule has 2 aromatic rings. The van der Waals surface area contributed by atoms with Gasteiger partial charge in [0.15, 0.2) is 0 Å². The molecule has 1 heterocycles. The Morgan fingerprint density at radius 2 is 1.83 bits per heavy atom. The van der Waals surface area contributed by atoms with Crippen molar-refractivity contribution >= 4 is 27.3 Å². The van der Waals surface area contributed by atoms with Crippen LogP contribution in [0.3, 0.4) is 0 Å². The van der Waals surface area contributed by atoms with E-state index in [0.717, 1.165) is 5.56 Å². The molecule has 0 amide bonds. The number of anilines is 1. The Kier molecular flexibility index (Phi) is 3.54. The first-order valence-corrected chi connectivity index (χ1v) is 7.05. The highest BCUT2D eigenvalue weighted by atomic mass is 35.5. The highest BCUT2D eigenvalue weighted by Crippen LogP contribution is 2.21. The van der Waals surface area contributed by atoms with Gasteiger partial charge in [-0.3, -0.25) is 4.72 Å². The standard InChI is InChI=1S/C12H11ClN2O2S/c1-9-4-6-10(7-5-9)15-18(16,17)11-3-2-8-14-12(11)13/h2-8,15H,1H3. The first kappa shape index (κ1) is 12.9. The van der Waals surface area contributed by atoms with Crippen molar-refractivity contribution < 1.29 is 8.42 Å². The van der Waals surface area contributed by atoms with Crippen molar-refractivity contribution in [3.63, 3.8) is 0 Å². The molecular weight excluding hydrogens is 272 g/mol. The molecular formula is C12H11ClN2O2S. The summed E-state index contributed by atoms with van der Waals surface area (Å²) < 4.78 is 26.6. The van der Waals surface area contributed by atoms with Crippen molar-refractivity contribution in [2.45, 2.75) is 11.8 Å². The number of nitrogens with one attached hydrogen (secondary N) is 1. The SMILES string of the molecule is Cc1ccc(NS(=O)(=O)c2cccnc2Cl)cc1. The molecule has 0 saturated heterocycles. The normalized spacial score (nSPS) is 11.2. The minimum Gasteiger partial charge on any atom is -0.280 e. The molecule has 1 N–H and O–H groups in total. The van der Waals surface area contributed by atoms with Gasteiger partial charge in [-0.05, 0) is 31.2 Å². The topological polar surface area (TPSA) is 59.1 Å². The predicted octanol–water partition coefficient (Wildman–Crippen LogP) is 2.84. The molecule has 1 aromatic heterocycles. The number of aryl methyl sites for hydroxylation is 1. The van der Waals surface area contributed by atoms with E-state index >= 15 is 0 Å². The molecule has 6 heteroatoms. The molecule has 94 valence electrons. The summed E-state index contributed by atoms with van der Waals surface area (Å²) in [5.41, 5.74) is 1.54. The lowest BCUT2D eigenvalue weighted by molar-refractivity contribution is 0.601. The van der Waals surface area contributed by atoms with Gasteiger partial charge in [0.05, 0.1) is 0 Å². The van der Waals surface area contributed by atoms with Gasteiger partial charge in [0.25, 0.3) is 10.0 Å². The van der Waals surface area contributed by atoms with Crippen LogP contribution in [0.2, 0.25) is 5.15 Å². The van der Waals surface area contributed by atoms with Crippen LogP contribution in [0.25, 0.3) is 0 Å². The van der Waals surface area contributed by atoms with Crippen LogP contribution < -0.4 is 4.72 Å². The molecule has 0 aliphatic rings. The van der Waals surface area contributed by atoms with E-state index in [0.29, 0.717) is 5.69 Å². The number of pyridine rings is 1. The van der Waals surface area contributed by atoms with Crippen molar-refractivity contribution in [1.29, 1.82) is 0 Å². The molecule has 0 aliphatic carbocycles.